The van der Waals surface area contributed by atoms with E-state index < -0.39 is 0 Å². The highest BCUT2D eigenvalue weighted by atomic mass is 35.5. The van der Waals surface area contributed by atoms with Crippen molar-refractivity contribution in [3.63, 3.8) is 0 Å². The van der Waals surface area contributed by atoms with Gasteiger partial charge in [0.2, 0.25) is 0 Å². The standard InChI is InChI=1S/C9H11ClO2.C2H6/c1-6-8(10)3-7(5-11)4-9(6)12-2;1-2/h3-4,11H,5H2,1-2H3;1-2H3. The van der Waals surface area contributed by atoms with Crippen molar-refractivity contribution in [2.24, 2.45) is 0 Å². The summed E-state index contributed by atoms with van der Waals surface area (Å²) in [6, 6.07) is 3.51. The van der Waals surface area contributed by atoms with Crippen molar-refractivity contribution in [2.45, 2.75) is 27.4 Å². The summed E-state index contributed by atoms with van der Waals surface area (Å²) in [5.41, 5.74) is 1.67. The van der Waals surface area contributed by atoms with Gasteiger partial charge in [-0.25, -0.2) is 0 Å². The van der Waals surface area contributed by atoms with Crippen LogP contribution in [0.15, 0.2) is 12.1 Å². The fraction of sp³-hybridized carbons (Fsp3) is 0.455. The van der Waals surface area contributed by atoms with E-state index in [1.165, 1.54) is 0 Å². The molecule has 0 aliphatic carbocycles. The number of aliphatic hydroxyl groups excluding tert-OH is 1. The van der Waals surface area contributed by atoms with E-state index in [4.69, 9.17) is 21.4 Å². The Hall–Kier alpha value is -0.730. The highest BCUT2D eigenvalue weighted by Crippen LogP contribution is 2.27. The number of hydrogen-bond acceptors (Lipinski definition) is 2. The second kappa shape index (κ2) is 6.68. The molecule has 0 amide bonds. The molecule has 0 bridgehead atoms. The van der Waals surface area contributed by atoms with Gasteiger partial charge in [-0.2, -0.15) is 0 Å². The van der Waals surface area contributed by atoms with Crippen molar-refractivity contribution in [3.05, 3.63) is 28.3 Å². The third-order valence-electron chi connectivity index (χ3n) is 1.76. The SMILES string of the molecule is CC.COc1cc(CO)cc(Cl)c1C. The summed E-state index contributed by atoms with van der Waals surface area (Å²) in [5.74, 6) is 0.714. The predicted molar refractivity (Wildman–Crippen MR) is 60.0 cm³/mol. The van der Waals surface area contributed by atoms with Gasteiger partial charge in [0.05, 0.1) is 13.7 Å². The van der Waals surface area contributed by atoms with Crippen LogP contribution in [-0.4, -0.2) is 12.2 Å². The first kappa shape index (κ1) is 13.3. The van der Waals surface area contributed by atoms with Crippen LogP contribution in [0.2, 0.25) is 5.02 Å². The lowest BCUT2D eigenvalue weighted by Gasteiger charge is -2.07. The summed E-state index contributed by atoms with van der Waals surface area (Å²) in [4.78, 5) is 0. The van der Waals surface area contributed by atoms with Gasteiger partial charge in [-0.15, -0.1) is 0 Å². The summed E-state index contributed by atoms with van der Waals surface area (Å²) in [6.45, 7) is 5.86. The van der Waals surface area contributed by atoms with Crippen LogP contribution in [-0.2, 0) is 6.61 Å². The lowest BCUT2D eigenvalue weighted by Crippen LogP contribution is -1.91. The Balaban J connectivity index is 0.000000791. The van der Waals surface area contributed by atoms with Gasteiger partial charge in [0.1, 0.15) is 5.75 Å². The lowest BCUT2D eigenvalue weighted by molar-refractivity contribution is 0.281. The molecule has 0 radical (unpaired) electrons. The number of aliphatic hydroxyl groups is 1. The van der Waals surface area contributed by atoms with E-state index in [1.54, 1.807) is 19.2 Å². The highest BCUT2D eigenvalue weighted by Gasteiger charge is 2.04. The summed E-state index contributed by atoms with van der Waals surface area (Å²) in [5, 5.41) is 9.48. The van der Waals surface area contributed by atoms with Gasteiger partial charge in [0.15, 0.2) is 0 Å². The largest absolute Gasteiger partial charge is 0.496 e. The van der Waals surface area contributed by atoms with Crippen molar-refractivity contribution in [3.8, 4) is 5.75 Å². The van der Waals surface area contributed by atoms with E-state index >= 15 is 0 Å². The summed E-state index contributed by atoms with van der Waals surface area (Å²) in [6.07, 6.45) is 0. The molecule has 0 aliphatic heterocycles. The summed E-state index contributed by atoms with van der Waals surface area (Å²) < 4.78 is 5.07. The number of methoxy groups -OCH3 is 1. The average molecular weight is 217 g/mol. The minimum atomic E-state index is -0.0175. The molecule has 1 N–H and O–H groups in total. The Bertz CT molecular complexity index is 285. The topological polar surface area (TPSA) is 29.5 Å². The minimum Gasteiger partial charge on any atom is -0.496 e. The zero-order valence-corrected chi connectivity index (χ0v) is 9.85. The van der Waals surface area contributed by atoms with Crippen molar-refractivity contribution < 1.29 is 9.84 Å². The lowest BCUT2D eigenvalue weighted by atomic mass is 10.1. The van der Waals surface area contributed by atoms with Crippen LogP contribution in [0.3, 0.4) is 0 Å². The molecule has 0 saturated heterocycles. The van der Waals surface area contributed by atoms with Gasteiger partial charge in [-0.3, -0.25) is 0 Å². The van der Waals surface area contributed by atoms with Crippen LogP contribution in [0.4, 0.5) is 0 Å². The van der Waals surface area contributed by atoms with Crippen LogP contribution in [0.1, 0.15) is 25.0 Å². The molecule has 2 nitrogen and oxygen atoms in total. The third kappa shape index (κ3) is 3.20. The molecule has 0 atom stereocenters. The quantitative estimate of drug-likeness (QED) is 0.823. The Morgan fingerprint density at radius 3 is 2.36 bits per heavy atom. The van der Waals surface area contributed by atoms with Gasteiger partial charge in [-0.05, 0) is 24.6 Å². The van der Waals surface area contributed by atoms with Gasteiger partial charge >= 0.3 is 0 Å². The first-order chi connectivity index (χ1) is 6.69. The van der Waals surface area contributed by atoms with E-state index in [2.05, 4.69) is 0 Å². The van der Waals surface area contributed by atoms with Crippen LogP contribution >= 0.6 is 11.6 Å². The molecule has 80 valence electrons. The third-order valence-corrected chi connectivity index (χ3v) is 2.15. The van der Waals surface area contributed by atoms with Crippen molar-refractivity contribution >= 4 is 11.6 Å². The summed E-state index contributed by atoms with van der Waals surface area (Å²) in [7, 11) is 1.58. The first-order valence-electron chi connectivity index (χ1n) is 4.63. The fourth-order valence-electron chi connectivity index (χ4n) is 1.01. The van der Waals surface area contributed by atoms with E-state index in [1.807, 2.05) is 20.8 Å². The number of rotatable bonds is 2. The number of ether oxygens (including phenoxy) is 1. The van der Waals surface area contributed by atoms with Gasteiger partial charge in [0.25, 0.3) is 0 Å². The highest BCUT2D eigenvalue weighted by molar-refractivity contribution is 6.31. The number of halogens is 1. The molecule has 0 unspecified atom stereocenters. The molecule has 0 aromatic heterocycles. The van der Waals surface area contributed by atoms with E-state index in [9.17, 15) is 0 Å². The Kier molecular flexibility index (Phi) is 6.34. The average Bonchev–Trinajstić information content (AvgIpc) is 2.24. The van der Waals surface area contributed by atoms with Crippen LogP contribution in [0.5, 0.6) is 5.75 Å². The van der Waals surface area contributed by atoms with E-state index in [0.29, 0.717) is 10.8 Å². The molecule has 1 aromatic rings. The van der Waals surface area contributed by atoms with Gasteiger partial charge < -0.3 is 9.84 Å². The molecular weight excluding hydrogens is 200 g/mol. The van der Waals surface area contributed by atoms with Crippen molar-refractivity contribution in [1.29, 1.82) is 0 Å². The number of benzene rings is 1. The van der Waals surface area contributed by atoms with E-state index in [-0.39, 0.29) is 6.61 Å². The summed E-state index contributed by atoms with van der Waals surface area (Å²) >= 11 is 5.89. The van der Waals surface area contributed by atoms with Crippen LogP contribution in [0.25, 0.3) is 0 Å². The zero-order chi connectivity index (χ0) is 11.1. The second-order valence-electron chi connectivity index (χ2n) is 2.56. The molecule has 0 heterocycles. The molecule has 0 aliphatic rings. The van der Waals surface area contributed by atoms with Gasteiger partial charge in [0, 0.05) is 10.6 Å². The maximum Gasteiger partial charge on any atom is 0.123 e. The normalized spacial score (nSPS) is 9.00. The number of hydrogen-bond donors (Lipinski definition) is 1. The Morgan fingerprint density at radius 1 is 1.36 bits per heavy atom. The van der Waals surface area contributed by atoms with Crippen molar-refractivity contribution in [1.82, 2.24) is 0 Å². The van der Waals surface area contributed by atoms with Crippen LogP contribution in [0, 0.1) is 6.92 Å². The second-order valence-corrected chi connectivity index (χ2v) is 2.97. The smallest absolute Gasteiger partial charge is 0.123 e. The predicted octanol–water partition coefficient (Wildman–Crippen LogP) is 3.18. The fourth-order valence-corrected chi connectivity index (χ4v) is 1.24. The molecule has 1 aromatic carbocycles. The zero-order valence-electron chi connectivity index (χ0n) is 9.10. The van der Waals surface area contributed by atoms with Crippen LogP contribution < -0.4 is 4.74 Å². The first-order valence-corrected chi connectivity index (χ1v) is 5.00. The molecule has 0 fully saturated rings. The van der Waals surface area contributed by atoms with Gasteiger partial charge in [-0.1, -0.05) is 25.4 Å². The molecule has 0 spiro atoms. The molecule has 3 heteroatoms. The molecule has 1 rings (SSSR count). The monoisotopic (exact) mass is 216 g/mol. The van der Waals surface area contributed by atoms with E-state index in [0.717, 1.165) is 11.1 Å². The molecular formula is C11H17ClO2. The molecule has 0 saturated carbocycles. The maximum absolute atomic E-state index is 8.86. The minimum absolute atomic E-state index is 0.0175. The Labute approximate surface area is 90.5 Å². The Morgan fingerprint density at radius 2 is 1.93 bits per heavy atom. The van der Waals surface area contributed by atoms with Crippen molar-refractivity contribution in [2.75, 3.05) is 7.11 Å². The maximum atomic E-state index is 8.86. The molecule has 14 heavy (non-hydrogen) atoms.